The van der Waals surface area contributed by atoms with Crippen LogP contribution in [0.25, 0.3) is 0 Å². The van der Waals surface area contributed by atoms with E-state index in [-0.39, 0.29) is 12.1 Å². The number of piperidine rings is 1. The summed E-state index contributed by atoms with van der Waals surface area (Å²) in [7, 11) is 0. The Morgan fingerprint density at radius 3 is 2.67 bits per heavy atom. The van der Waals surface area contributed by atoms with Gasteiger partial charge in [0.25, 0.3) is 0 Å². The molecule has 0 amide bonds. The maximum atomic E-state index is 13.8. The number of benzene rings is 1. The number of nitrogens with one attached hydrogen (secondary N) is 2. The van der Waals surface area contributed by atoms with Crippen LogP contribution in [0.15, 0.2) is 27.6 Å². The summed E-state index contributed by atoms with van der Waals surface area (Å²) >= 11 is 0. The van der Waals surface area contributed by atoms with Crippen molar-refractivity contribution in [1.29, 1.82) is 0 Å². The minimum absolute atomic E-state index is 0.0896. The minimum atomic E-state index is -0.457. The fourth-order valence-electron chi connectivity index (χ4n) is 3.56. The molecule has 0 atom stereocenters. The zero-order valence-corrected chi connectivity index (χ0v) is 18.0. The van der Waals surface area contributed by atoms with Gasteiger partial charge < -0.3 is 15.1 Å². The molecule has 0 spiro atoms. The molecule has 0 unspecified atom stereocenters. The van der Waals surface area contributed by atoms with Crippen LogP contribution in [0.3, 0.4) is 0 Å². The predicted molar refractivity (Wildman–Crippen MR) is 113 cm³/mol. The number of rotatable bonds is 7. The van der Waals surface area contributed by atoms with Gasteiger partial charge in [-0.25, -0.2) is 18.8 Å². The van der Waals surface area contributed by atoms with Gasteiger partial charge in [-0.05, 0) is 70.8 Å². The van der Waals surface area contributed by atoms with Crippen LogP contribution in [0.5, 0.6) is 0 Å². The van der Waals surface area contributed by atoms with Crippen molar-refractivity contribution in [3.63, 3.8) is 0 Å². The molecular weight excluding hydrogens is 388 g/mol. The topological polar surface area (TPSA) is 65.7 Å². The smallest absolute Gasteiger partial charge is 0.208 e. The SMILES string of the molecule is CCNC(=NCc1cc(F)ccc1F)NCC1CCN(Cc2nc(C)c(C)o2)CC1. The van der Waals surface area contributed by atoms with Gasteiger partial charge in [0.1, 0.15) is 17.4 Å². The van der Waals surface area contributed by atoms with E-state index in [1.807, 2.05) is 20.8 Å². The monoisotopic (exact) mass is 419 g/mol. The van der Waals surface area contributed by atoms with Crippen LogP contribution in [-0.4, -0.2) is 42.0 Å². The zero-order valence-electron chi connectivity index (χ0n) is 18.0. The van der Waals surface area contributed by atoms with E-state index in [2.05, 4.69) is 25.5 Å². The molecule has 2 heterocycles. The number of aliphatic imine (C=N–C) groups is 1. The van der Waals surface area contributed by atoms with Crippen molar-refractivity contribution in [2.75, 3.05) is 26.2 Å². The highest BCUT2D eigenvalue weighted by atomic mass is 19.1. The van der Waals surface area contributed by atoms with Gasteiger partial charge in [0.05, 0.1) is 18.8 Å². The first kappa shape index (κ1) is 22.2. The van der Waals surface area contributed by atoms with Gasteiger partial charge in [-0.15, -0.1) is 0 Å². The fourth-order valence-corrected chi connectivity index (χ4v) is 3.56. The number of oxazole rings is 1. The van der Waals surface area contributed by atoms with Crippen LogP contribution in [0.4, 0.5) is 8.78 Å². The Morgan fingerprint density at radius 2 is 2.00 bits per heavy atom. The number of nitrogens with zero attached hydrogens (tertiary/aromatic N) is 3. The average molecular weight is 420 g/mol. The van der Waals surface area contributed by atoms with Crippen LogP contribution >= 0.6 is 0 Å². The van der Waals surface area contributed by atoms with Crippen LogP contribution < -0.4 is 10.6 Å². The number of halogens is 2. The summed E-state index contributed by atoms with van der Waals surface area (Å²) in [6.07, 6.45) is 2.15. The number of guanidine groups is 1. The van der Waals surface area contributed by atoms with E-state index in [0.717, 1.165) is 68.5 Å². The van der Waals surface area contributed by atoms with Gasteiger partial charge in [-0.2, -0.15) is 0 Å². The summed E-state index contributed by atoms with van der Waals surface area (Å²) in [5.74, 6) is 1.92. The lowest BCUT2D eigenvalue weighted by atomic mass is 9.97. The highest BCUT2D eigenvalue weighted by Crippen LogP contribution is 2.19. The van der Waals surface area contributed by atoms with Crippen molar-refractivity contribution in [3.05, 3.63) is 52.7 Å². The van der Waals surface area contributed by atoms with Crippen molar-refractivity contribution >= 4 is 5.96 Å². The molecule has 1 aliphatic rings. The number of likely N-dealkylation sites (tertiary alicyclic amines) is 1. The van der Waals surface area contributed by atoms with Crippen molar-refractivity contribution in [2.24, 2.45) is 10.9 Å². The summed E-state index contributed by atoms with van der Waals surface area (Å²) in [6.45, 7) is 10.2. The van der Waals surface area contributed by atoms with Crippen LogP contribution in [0.1, 0.15) is 42.7 Å². The summed E-state index contributed by atoms with van der Waals surface area (Å²) in [4.78, 5) is 11.2. The quantitative estimate of drug-likeness (QED) is 0.531. The zero-order chi connectivity index (χ0) is 21.5. The summed E-state index contributed by atoms with van der Waals surface area (Å²) in [5, 5.41) is 6.51. The molecule has 3 rings (SSSR count). The van der Waals surface area contributed by atoms with Crippen LogP contribution in [0, 0.1) is 31.4 Å². The lowest BCUT2D eigenvalue weighted by Crippen LogP contribution is -2.42. The summed E-state index contributed by atoms with van der Waals surface area (Å²) in [5.41, 5.74) is 1.20. The van der Waals surface area contributed by atoms with Crippen molar-refractivity contribution in [2.45, 2.75) is 46.7 Å². The van der Waals surface area contributed by atoms with Crippen LogP contribution in [0.2, 0.25) is 0 Å². The third kappa shape index (κ3) is 6.26. The summed E-state index contributed by atoms with van der Waals surface area (Å²) in [6, 6.07) is 3.44. The first-order chi connectivity index (χ1) is 14.4. The van der Waals surface area contributed by atoms with Gasteiger partial charge in [-0.3, -0.25) is 4.90 Å². The number of aromatic nitrogens is 1. The third-order valence-corrected chi connectivity index (χ3v) is 5.46. The predicted octanol–water partition coefficient (Wildman–Crippen LogP) is 3.54. The van der Waals surface area contributed by atoms with E-state index in [1.165, 1.54) is 6.07 Å². The third-order valence-electron chi connectivity index (χ3n) is 5.46. The molecule has 1 aromatic carbocycles. The van der Waals surface area contributed by atoms with Crippen molar-refractivity contribution in [1.82, 2.24) is 20.5 Å². The molecule has 0 aliphatic carbocycles. The molecular formula is C22H31F2N5O. The Balaban J connectivity index is 1.46. The average Bonchev–Trinajstić information content (AvgIpc) is 3.04. The van der Waals surface area contributed by atoms with E-state index < -0.39 is 11.6 Å². The van der Waals surface area contributed by atoms with E-state index in [0.29, 0.717) is 18.4 Å². The molecule has 1 saturated heterocycles. The standard InChI is InChI=1S/C22H31F2N5O/c1-4-25-22(27-13-18-11-19(23)5-6-20(18)24)26-12-17-7-9-29(10-8-17)14-21-28-15(2)16(3)30-21/h5-6,11,17H,4,7-10,12-14H2,1-3H3,(H2,25,26,27). The molecule has 0 bridgehead atoms. The Labute approximate surface area is 176 Å². The molecule has 1 fully saturated rings. The lowest BCUT2D eigenvalue weighted by molar-refractivity contribution is 0.164. The fraction of sp³-hybridized carbons (Fsp3) is 0.545. The maximum absolute atomic E-state index is 13.8. The molecule has 1 aliphatic heterocycles. The molecule has 164 valence electrons. The van der Waals surface area contributed by atoms with Gasteiger partial charge in [-0.1, -0.05) is 0 Å². The Bertz CT molecular complexity index is 840. The van der Waals surface area contributed by atoms with E-state index in [9.17, 15) is 8.78 Å². The maximum Gasteiger partial charge on any atom is 0.208 e. The first-order valence-corrected chi connectivity index (χ1v) is 10.6. The normalized spacial score (nSPS) is 16.1. The molecule has 8 heteroatoms. The minimum Gasteiger partial charge on any atom is -0.444 e. The Hall–Kier alpha value is -2.48. The van der Waals surface area contributed by atoms with Gasteiger partial charge in [0.2, 0.25) is 5.89 Å². The number of hydrogen-bond acceptors (Lipinski definition) is 4. The van der Waals surface area contributed by atoms with Crippen molar-refractivity contribution < 1.29 is 13.2 Å². The van der Waals surface area contributed by atoms with Gasteiger partial charge in [0, 0.05) is 18.7 Å². The highest BCUT2D eigenvalue weighted by Gasteiger charge is 2.21. The second-order valence-electron chi connectivity index (χ2n) is 7.78. The van der Waals surface area contributed by atoms with Gasteiger partial charge in [0.15, 0.2) is 5.96 Å². The van der Waals surface area contributed by atoms with E-state index >= 15 is 0 Å². The number of aryl methyl sites for hydroxylation is 2. The largest absolute Gasteiger partial charge is 0.444 e. The Kier molecular flexibility index (Phi) is 7.79. The molecule has 6 nitrogen and oxygen atoms in total. The van der Waals surface area contributed by atoms with Crippen molar-refractivity contribution in [3.8, 4) is 0 Å². The number of hydrogen-bond donors (Lipinski definition) is 2. The molecule has 2 N–H and O–H groups in total. The molecule has 2 aromatic rings. The lowest BCUT2D eigenvalue weighted by Gasteiger charge is -2.31. The molecule has 0 saturated carbocycles. The first-order valence-electron chi connectivity index (χ1n) is 10.6. The van der Waals surface area contributed by atoms with E-state index in [1.54, 1.807) is 0 Å². The highest BCUT2D eigenvalue weighted by molar-refractivity contribution is 5.79. The molecule has 1 aromatic heterocycles. The van der Waals surface area contributed by atoms with Crippen LogP contribution in [-0.2, 0) is 13.1 Å². The van der Waals surface area contributed by atoms with E-state index in [4.69, 9.17) is 4.42 Å². The molecule has 0 radical (unpaired) electrons. The summed E-state index contributed by atoms with van der Waals surface area (Å²) < 4.78 is 32.8. The molecule has 30 heavy (non-hydrogen) atoms. The Morgan fingerprint density at radius 1 is 1.23 bits per heavy atom. The second-order valence-corrected chi connectivity index (χ2v) is 7.78. The van der Waals surface area contributed by atoms with Gasteiger partial charge >= 0.3 is 0 Å². The second kappa shape index (κ2) is 10.5.